The largest absolute Gasteiger partial charge is 0.353 e. The summed E-state index contributed by atoms with van der Waals surface area (Å²) in [5.41, 5.74) is 0.688. The standard InChI is InChI=1S/C11H11ClFNO/c1-2-14-11(15)6-4-8-3-5-10(13)9(12)7-8/h3-7H,2H2,1H3,(H,14,15). The third kappa shape index (κ3) is 3.72. The Hall–Kier alpha value is -1.35. The van der Waals surface area contributed by atoms with E-state index in [4.69, 9.17) is 11.6 Å². The molecule has 1 rings (SSSR count). The highest BCUT2D eigenvalue weighted by Crippen LogP contribution is 2.16. The molecule has 0 heterocycles. The summed E-state index contributed by atoms with van der Waals surface area (Å²) >= 11 is 5.58. The Labute approximate surface area is 92.7 Å². The van der Waals surface area contributed by atoms with Gasteiger partial charge in [-0.3, -0.25) is 4.79 Å². The molecule has 1 amide bonds. The number of hydrogen-bond donors (Lipinski definition) is 1. The maximum absolute atomic E-state index is 12.8. The lowest BCUT2D eigenvalue weighted by Gasteiger charge is -1.97. The average molecular weight is 228 g/mol. The number of amides is 1. The highest BCUT2D eigenvalue weighted by molar-refractivity contribution is 6.30. The van der Waals surface area contributed by atoms with Crippen LogP contribution in [-0.4, -0.2) is 12.5 Å². The van der Waals surface area contributed by atoms with Gasteiger partial charge in [0.05, 0.1) is 5.02 Å². The Morgan fingerprint density at radius 3 is 2.93 bits per heavy atom. The van der Waals surface area contributed by atoms with Crippen LogP contribution in [0.2, 0.25) is 5.02 Å². The monoisotopic (exact) mass is 227 g/mol. The summed E-state index contributed by atoms with van der Waals surface area (Å²) in [6, 6.07) is 4.28. The molecule has 0 unspecified atom stereocenters. The summed E-state index contributed by atoms with van der Waals surface area (Å²) in [6.45, 7) is 2.41. The third-order valence-corrected chi connectivity index (χ3v) is 2.01. The quantitative estimate of drug-likeness (QED) is 0.791. The van der Waals surface area contributed by atoms with Crippen LogP contribution in [0.4, 0.5) is 4.39 Å². The minimum atomic E-state index is -0.466. The van der Waals surface area contributed by atoms with Crippen molar-refractivity contribution in [2.24, 2.45) is 0 Å². The Bertz CT molecular complexity index is 390. The normalized spacial score (nSPS) is 10.6. The fraction of sp³-hybridized carbons (Fsp3) is 0.182. The van der Waals surface area contributed by atoms with Crippen LogP contribution in [0, 0.1) is 5.82 Å². The molecule has 0 fully saturated rings. The number of carbonyl (C=O) groups is 1. The first-order chi connectivity index (χ1) is 7.13. The second-order valence-corrected chi connectivity index (χ2v) is 3.31. The molecular weight excluding hydrogens is 217 g/mol. The van der Waals surface area contributed by atoms with Crippen LogP contribution >= 0.6 is 11.6 Å². The van der Waals surface area contributed by atoms with Gasteiger partial charge in [0.1, 0.15) is 5.82 Å². The number of halogens is 2. The van der Waals surface area contributed by atoms with Crippen LogP contribution in [0.15, 0.2) is 24.3 Å². The first kappa shape index (κ1) is 11.7. The first-order valence-electron chi connectivity index (χ1n) is 4.54. The average Bonchev–Trinajstić information content (AvgIpc) is 2.20. The van der Waals surface area contributed by atoms with Crippen molar-refractivity contribution in [3.63, 3.8) is 0 Å². The van der Waals surface area contributed by atoms with Crippen LogP contribution in [-0.2, 0) is 4.79 Å². The third-order valence-electron chi connectivity index (χ3n) is 1.72. The van der Waals surface area contributed by atoms with Gasteiger partial charge < -0.3 is 5.32 Å². The first-order valence-corrected chi connectivity index (χ1v) is 4.92. The molecule has 0 aromatic heterocycles. The lowest BCUT2D eigenvalue weighted by atomic mass is 10.2. The number of hydrogen-bond acceptors (Lipinski definition) is 1. The summed E-state index contributed by atoms with van der Waals surface area (Å²) in [5, 5.41) is 2.66. The fourth-order valence-corrected chi connectivity index (χ4v) is 1.21. The molecule has 80 valence electrons. The molecule has 1 aromatic rings. The lowest BCUT2D eigenvalue weighted by Crippen LogP contribution is -2.19. The fourth-order valence-electron chi connectivity index (χ4n) is 1.02. The predicted molar refractivity (Wildman–Crippen MR) is 59.1 cm³/mol. The molecule has 0 aliphatic carbocycles. The Morgan fingerprint density at radius 2 is 2.33 bits per heavy atom. The summed E-state index contributed by atoms with van der Waals surface area (Å²) in [7, 11) is 0. The molecule has 0 bridgehead atoms. The van der Waals surface area contributed by atoms with Crippen molar-refractivity contribution in [2.75, 3.05) is 6.54 Å². The van der Waals surface area contributed by atoms with E-state index in [0.29, 0.717) is 12.1 Å². The van der Waals surface area contributed by atoms with Crippen molar-refractivity contribution >= 4 is 23.6 Å². The highest BCUT2D eigenvalue weighted by Gasteiger charge is 1.98. The maximum atomic E-state index is 12.8. The molecule has 1 N–H and O–H groups in total. The molecule has 0 radical (unpaired) electrons. The van der Waals surface area contributed by atoms with Crippen molar-refractivity contribution in [1.29, 1.82) is 0 Å². The van der Waals surface area contributed by atoms with Crippen LogP contribution < -0.4 is 5.32 Å². The molecule has 4 heteroatoms. The number of likely N-dealkylation sites (N-methyl/N-ethyl adjacent to an activating group) is 1. The van der Waals surface area contributed by atoms with Gasteiger partial charge in [0, 0.05) is 12.6 Å². The Kier molecular flexibility index (Phi) is 4.31. The molecule has 15 heavy (non-hydrogen) atoms. The van der Waals surface area contributed by atoms with E-state index >= 15 is 0 Å². The molecule has 0 aliphatic heterocycles. The molecule has 0 saturated carbocycles. The predicted octanol–water partition coefficient (Wildman–Crippen LogP) is 2.63. The summed E-state index contributed by atoms with van der Waals surface area (Å²) in [5.74, 6) is -0.648. The Balaban J connectivity index is 2.72. The summed E-state index contributed by atoms with van der Waals surface area (Å²) in [4.78, 5) is 11.1. The van der Waals surface area contributed by atoms with E-state index in [1.165, 1.54) is 18.2 Å². The molecule has 0 saturated heterocycles. The van der Waals surface area contributed by atoms with Crippen molar-refractivity contribution in [3.8, 4) is 0 Å². The van der Waals surface area contributed by atoms with Gasteiger partial charge in [0.15, 0.2) is 0 Å². The van der Waals surface area contributed by atoms with Gasteiger partial charge in [0.25, 0.3) is 0 Å². The van der Waals surface area contributed by atoms with Crippen LogP contribution in [0.1, 0.15) is 12.5 Å². The van der Waals surface area contributed by atoms with E-state index in [0.717, 1.165) is 0 Å². The SMILES string of the molecule is CCNC(=O)C=Cc1ccc(F)c(Cl)c1. The van der Waals surface area contributed by atoms with E-state index in [-0.39, 0.29) is 10.9 Å². The van der Waals surface area contributed by atoms with Crippen LogP contribution in [0.3, 0.4) is 0 Å². The summed E-state index contributed by atoms with van der Waals surface area (Å²) < 4.78 is 12.8. The molecular formula is C11H11ClFNO. The molecule has 0 aliphatic rings. The minimum Gasteiger partial charge on any atom is -0.353 e. The lowest BCUT2D eigenvalue weighted by molar-refractivity contribution is -0.116. The topological polar surface area (TPSA) is 29.1 Å². The van der Waals surface area contributed by atoms with E-state index < -0.39 is 5.82 Å². The highest BCUT2D eigenvalue weighted by atomic mass is 35.5. The zero-order valence-corrected chi connectivity index (χ0v) is 9.01. The van der Waals surface area contributed by atoms with E-state index in [2.05, 4.69) is 5.32 Å². The second-order valence-electron chi connectivity index (χ2n) is 2.90. The smallest absolute Gasteiger partial charge is 0.243 e. The molecule has 1 aromatic carbocycles. The number of nitrogens with one attached hydrogen (secondary N) is 1. The molecule has 0 spiro atoms. The van der Waals surface area contributed by atoms with Gasteiger partial charge >= 0.3 is 0 Å². The van der Waals surface area contributed by atoms with Crippen molar-refractivity contribution in [3.05, 3.63) is 40.7 Å². The van der Waals surface area contributed by atoms with E-state index in [1.807, 2.05) is 6.92 Å². The summed E-state index contributed by atoms with van der Waals surface area (Å²) in [6.07, 6.45) is 2.96. The van der Waals surface area contributed by atoms with Crippen LogP contribution in [0.5, 0.6) is 0 Å². The van der Waals surface area contributed by atoms with Gasteiger partial charge in [-0.2, -0.15) is 0 Å². The van der Waals surface area contributed by atoms with Crippen molar-refractivity contribution in [1.82, 2.24) is 5.32 Å². The number of carbonyl (C=O) groups excluding carboxylic acids is 1. The van der Waals surface area contributed by atoms with Crippen molar-refractivity contribution in [2.45, 2.75) is 6.92 Å². The number of rotatable bonds is 3. The van der Waals surface area contributed by atoms with Gasteiger partial charge in [0.2, 0.25) is 5.91 Å². The second kappa shape index (κ2) is 5.51. The van der Waals surface area contributed by atoms with E-state index in [1.54, 1.807) is 12.1 Å². The maximum Gasteiger partial charge on any atom is 0.243 e. The van der Waals surface area contributed by atoms with E-state index in [9.17, 15) is 9.18 Å². The van der Waals surface area contributed by atoms with Gasteiger partial charge in [-0.05, 0) is 30.7 Å². The van der Waals surface area contributed by atoms with Gasteiger partial charge in [-0.15, -0.1) is 0 Å². The minimum absolute atomic E-state index is 0.0491. The molecule has 0 atom stereocenters. The van der Waals surface area contributed by atoms with Crippen molar-refractivity contribution < 1.29 is 9.18 Å². The molecule has 2 nitrogen and oxygen atoms in total. The van der Waals surface area contributed by atoms with Gasteiger partial charge in [-0.1, -0.05) is 17.7 Å². The zero-order valence-electron chi connectivity index (χ0n) is 8.26. The van der Waals surface area contributed by atoms with Crippen LogP contribution in [0.25, 0.3) is 6.08 Å². The Morgan fingerprint density at radius 1 is 1.60 bits per heavy atom. The van der Waals surface area contributed by atoms with Gasteiger partial charge in [-0.25, -0.2) is 4.39 Å². The zero-order chi connectivity index (χ0) is 11.3. The number of benzene rings is 1.